The van der Waals surface area contributed by atoms with Crippen LogP contribution in [0.25, 0.3) is 0 Å². The predicted molar refractivity (Wildman–Crippen MR) is 74.7 cm³/mol. The van der Waals surface area contributed by atoms with Gasteiger partial charge in [-0.25, -0.2) is 4.79 Å². The Balaban J connectivity index is 2.43. The Hall–Kier alpha value is -1.34. The van der Waals surface area contributed by atoms with E-state index in [1.54, 1.807) is 0 Å². The van der Waals surface area contributed by atoms with Gasteiger partial charge in [0.05, 0.1) is 12.5 Å². The highest BCUT2D eigenvalue weighted by atomic mass is 16.5. The standard InChI is InChI=1S/C13H25N3O4/c1-3-16(10-4-6-14-7-5-10)13(19)15-9-11(20-2)8-12(17)18/h10-11,14H,3-9H2,1-2H3,(H,15,19)(H,17,18). The third-order valence-corrected chi connectivity index (χ3v) is 3.57. The van der Waals surface area contributed by atoms with Gasteiger partial charge in [0.1, 0.15) is 0 Å². The molecule has 0 bridgehead atoms. The highest BCUT2D eigenvalue weighted by Gasteiger charge is 2.24. The van der Waals surface area contributed by atoms with E-state index in [0.29, 0.717) is 6.54 Å². The molecule has 1 aliphatic heterocycles. The number of carbonyl (C=O) groups excluding carboxylic acids is 1. The van der Waals surface area contributed by atoms with Crippen LogP contribution in [-0.2, 0) is 9.53 Å². The van der Waals surface area contributed by atoms with Crippen LogP contribution in [0.15, 0.2) is 0 Å². The summed E-state index contributed by atoms with van der Waals surface area (Å²) in [4.78, 5) is 24.6. The monoisotopic (exact) mass is 287 g/mol. The van der Waals surface area contributed by atoms with Crippen molar-refractivity contribution in [3.63, 3.8) is 0 Å². The number of carbonyl (C=O) groups is 2. The molecule has 2 amide bonds. The second kappa shape index (κ2) is 8.76. The molecule has 1 unspecified atom stereocenters. The summed E-state index contributed by atoms with van der Waals surface area (Å²) in [7, 11) is 1.45. The summed E-state index contributed by atoms with van der Waals surface area (Å²) in [6, 6.07) is 0.105. The first-order valence-electron chi connectivity index (χ1n) is 7.08. The Morgan fingerprint density at radius 2 is 2.10 bits per heavy atom. The fourth-order valence-corrected chi connectivity index (χ4v) is 2.42. The summed E-state index contributed by atoms with van der Waals surface area (Å²) in [6.07, 6.45) is 1.29. The molecule has 116 valence electrons. The van der Waals surface area contributed by atoms with Crippen LogP contribution in [-0.4, -0.2) is 67.4 Å². The minimum absolute atomic E-state index is 0.115. The lowest BCUT2D eigenvalue weighted by atomic mass is 10.1. The molecule has 0 aliphatic carbocycles. The van der Waals surface area contributed by atoms with Crippen LogP contribution < -0.4 is 10.6 Å². The molecule has 3 N–H and O–H groups in total. The number of aliphatic carboxylic acids is 1. The van der Waals surface area contributed by atoms with Crippen molar-refractivity contribution in [1.29, 1.82) is 0 Å². The lowest BCUT2D eigenvalue weighted by Crippen LogP contribution is -2.51. The smallest absolute Gasteiger partial charge is 0.317 e. The minimum atomic E-state index is -0.934. The maximum Gasteiger partial charge on any atom is 0.317 e. The number of methoxy groups -OCH3 is 1. The third kappa shape index (κ3) is 5.34. The van der Waals surface area contributed by atoms with Crippen molar-refractivity contribution in [2.75, 3.05) is 33.3 Å². The maximum atomic E-state index is 12.2. The van der Waals surface area contributed by atoms with Crippen molar-refractivity contribution >= 4 is 12.0 Å². The predicted octanol–water partition coefficient (Wildman–Crippen LogP) is 0.260. The molecule has 1 atom stereocenters. The van der Waals surface area contributed by atoms with Crippen molar-refractivity contribution in [2.45, 2.75) is 38.3 Å². The topological polar surface area (TPSA) is 90.9 Å². The van der Waals surface area contributed by atoms with E-state index < -0.39 is 12.1 Å². The number of hydrogen-bond acceptors (Lipinski definition) is 4. The highest BCUT2D eigenvalue weighted by molar-refractivity contribution is 5.74. The molecule has 1 saturated heterocycles. The number of nitrogens with one attached hydrogen (secondary N) is 2. The van der Waals surface area contributed by atoms with Crippen LogP contribution in [0, 0.1) is 0 Å². The van der Waals surface area contributed by atoms with Gasteiger partial charge < -0.3 is 25.4 Å². The third-order valence-electron chi connectivity index (χ3n) is 3.57. The SMILES string of the molecule is CCN(C(=O)NCC(CC(=O)O)OC)C1CCNCC1. The Morgan fingerprint density at radius 3 is 2.60 bits per heavy atom. The van der Waals surface area contributed by atoms with Gasteiger partial charge in [0.2, 0.25) is 0 Å². The fraction of sp³-hybridized carbons (Fsp3) is 0.846. The molecule has 0 aromatic carbocycles. The molecule has 1 aliphatic rings. The molecular weight excluding hydrogens is 262 g/mol. The summed E-state index contributed by atoms with van der Waals surface area (Å²) in [6.45, 7) is 4.66. The number of nitrogens with zero attached hydrogens (tertiary/aromatic N) is 1. The van der Waals surface area contributed by atoms with Gasteiger partial charge in [0.15, 0.2) is 0 Å². The minimum Gasteiger partial charge on any atom is -0.481 e. The number of carboxylic acid groups (broad SMARTS) is 1. The molecule has 0 saturated carbocycles. The first-order valence-corrected chi connectivity index (χ1v) is 7.08. The molecule has 0 aromatic rings. The van der Waals surface area contributed by atoms with E-state index in [1.807, 2.05) is 11.8 Å². The fourth-order valence-electron chi connectivity index (χ4n) is 2.42. The van der Waals surface area contributed by atoms with Gasteiger partial charge in [-0.3, -0.25) is 4.79 Å². The second-order valence-corrected chi connectivity index (χ2v) is 4.91. The maximum absolute atomic E-state index is 12.2. The molecule has 7 nitrogen and oxygen atoms in total. The number of rotatable bonds is 7. The molecule has 0 radical (unpaired) electrons. The molecule has 7 heteroatoms. The Kier molecular flexibility index (Phi) is 7.32. The average molecular weight is 287 g/mol. The normalized spacial score (nSPS) is 17.5. The zero-order valence-corrected chi connectivity index (χ0v) is 12.2. The van der Waals surface area contributed by atoms with E-state index in [-0.39, 0.29) is 25.0 Å². The van der Waals surface area contributed by atoms with Crippen LogP contribution in [0.5, 0.6) is 0 Å². The van der Waals surface area contributed by atoms with Gasteiger partial charge >= 0.3 is 12.0 Å². The van der Waals surface area contributed by atoms with Crippen molar-refractivity contribution in [2.24, 2.45) is 0 Å². The molecular formula is C13H25N3O4. The summed E-state index contributed by atoms with van der Waals surface area (Å²) >= 11 is 0. The first-order chi connectivity index (χ1) is 9.58. The lowest BCUT2D eigenvalue weighted by Gasteiger charge is -2.34. The number of urea groups is 1. The van der Waals surface area contributed by atoms with Gasteiger partial charge in [-0.05, 0) is 32.9 Å². The molecule has 1 heterocycles. The number of hydrogen-bond donors (Lipinski definition) is 3. The molecule has 0 spiro atoms. The number of carboxylic acids is 1. The van der Waals surface area contributed by atoms with E-state index >= 15 is 0 Å². The summed E-state index contributed by atoms with van der Waals surface area (Å²) in [5.41, 5.74) is 0. The van der Waals surface area contributed by atoms with Crippen LogP contribution in [0.4, 0.5) is 4.79 Å². The van der Waals surface area contributed by atoms with E-state index in [2.05, 4.69) is 10.6 Å². The lowest BCUT2D eigenvalue weighted by molar-refractivity contribution is -0.139. The average Bonchev–Trinajstić information content (AvgIpc) is 2.45. The van der Waals surface area contributed by atoms with Gasteiger partial charge in [-0.1, -0.05) is 0 Å². The molecule has 1 fully saturated rings. The molecule has 1 rings (SSSR count). The van der Waals surface area contributed by atoms with Crippen LogP contribution in [0.2, 0.25) is 0 Å². The zero-order chi connectivity index (χ0) is 15.0. The van der Waals surface area contributed by atoms with Crippen molar-refractivity contribution < 1.29 is 19.4 Å². The van der Waals surface area contributed by atoms with Crippen LogP contribution >= 0.6 is 0 Å². The Labute approximate surface area is 119 Å². The van der Waals surface area contributed by atoms with Gasteiger partial charge in [0, 0.05) is 26.2 Å². The van der Waals surface area contributed by atoms with Crippen molar-refractivity contribution in [3.8, 4) is 0 Å². The number of amides is 2. The van der Waals surface area contributed by atoms with Gasteiger partial charge in [-0.2, -0.15) is 0 Å². The number of piperidine rings is 1. The van der Waals surface area contributed by atoms with Gasteiger partial charge in [-0.15, -0.1) is 0 Å². The first kappa shape index (κ1) is 16.7. The second-order valence-electron chi connectivity index (χ2n) is 4.91. The number of ether oxygens (including phenoxy) is 1. The zero-order valence-electron chi connectivity index (χ0n) is 12.2. The highest BCUT2D eigenvalue weighted by Crippen LogP contribution is 2.11. The van der Waals surface area contributed by atoms with Crippen molar-refractivity contribution in [3.05, 3.63) is 0 Å². The van der Waals surface area contributed by atoms with Gasteiger partial charge in [0.25, 0.3) is 0 Å². The quantitative estimate of drug-likeness (QED) is 0.625. The Bertz CT molecular complexity index is 319. The molecule has 20 heavy (non-hydrogen) atoms. The van der Waals surface area contributed by atoms with E-state index in [1.165, 1.54) is 7.11 Å². The van der Waals surface area contributed by atoms with E-state index in [9.17, 15) is 9.59 Å². The van der Waals surface area contributed by atoms with Crippen LogP contribution in [0.1, 0.15) is 26.2 Å². The Morgan fingerprint density at radius 1 is 1.45 bits per heavy atom. The summed E-state index contributed by atoms with van der Waals surface area (Å²) in [5.74, 6) is -0.934. The van der Waals surface area contributed by atoms with Crippen LogP contribution in [0.3, 0.4) is 0 Å². The van der Waals surface area contributed by atoms with E-state index in [4.69, 9.17) is 9.84 Å². The van der Waals surface area contributed by atoms with E-state index in [0.717, 1.165) is 25.9 Å². The summed E-state index contributed by atoms with van der Waals surface area (Å²) in [5, 5.41) is 14.8. The molecule has 0 aromatic heterocycles. The summed E-state index contributed by atoms with van der Waals surface area (Å²) < 4.78 is 5.05. The van der Waals surface area contributed by atoms with Crippen molar-refractivity contribution in [1.82, 2.24) is 15.5 Å². The largest absolute Gasteiger partial charge is 0.481 e.